The molecule has 0 aromatic heterocycles. The van der Waals surface area contributed by atoms with E-state index >= 15 is 0 Å². The molecule has 150 valence electrons. The van der Waals surface area contributed by atoms with Gasteiger partial charge in [-0.15, -0.1) is 17.0 Å². The molecule has 0 radical (unpaired) electrons. The summed E-state index contributed by atoms with van der Waals surface area (Å²) >= 11 is 0. The topological polar surface area (TPSA) is 26.3 Å². The minimum absolute atomic E-state index is 0. The van der Waals surface area contributed by atoms with Gasteiger partial charge in [-0.25, -0.2) is 0 Å². The molecule has 2 nitrogen and oxygen atoms in total. The molecule has 0 N–H and O–H groups in total. The third kappa shape index (κ3) is 3.19. The Balaban J connectivity index is 0.00000218. The summed E-state index contributed by atoms with van der Waals surface area (Å²) in [5, 5.41) is 3.69. The Labute approximate surface area is 187 Å². The molecule has 1 atom stereocenters. The summed E-state index contributed by atoms with van der Waals surface area (Å²) in [7, 11) is -2.73. The first-order valence-electron chi connectivity index (χ1n) is 9.78. The molecule has 0 amide bonds. The van der Waals surface area contributed by atoms with Gasteiger partial charge in [0.1, 0.15) is 0 Å². The Morgan fingerprint density at radius 2 is 0.967 bits per heavy atom. The van der Waals surface area contributed by atoms with Crippen molar-refractivity contribution < 1.29 is 9.53 Å². The zero-order valence-electron chi connectivity index (χ0n) is 16.3. The van der Waals surface area contributed by atoms with Crippen LogP contribution in [0.3, 0.4) is 0 Å². The summed E-state index contributed by atoms with van der Waals surface area (Å²) in [6.07, 6.45) is 0. The first-order valence-corrected chi connectivity index (χ1v) is 11.9. The summed E-state index contributed by atoms with van der Waals surface area (Å²) in [4.78, 5) is 12.8. The van der Waals surface area contributed by atoms with Gasteiger partial charge in [0.25, 0.3) is 0 Å². The summed E-state index contributed by atoms with van der Waals surface area (Å²) in [6.45, 7) is 0. The van der Waals surface area contributed by atoms with Crippen molar-refractivity contribution >= 4 is 46.1 Å². The van der Waals surface area contributed by atoms with E-state index in [2.05, 4.69) is 72.8 Å². The monoisotopic (exact) mass is 476 g/mol. The van der Waals surface area contributed by atoms with E-state index in [1.165, 1.54) is 15.9 Å². The Morgan fingerprint density at radius 3 is 1.43 bits per heavy atom. The number of cyclic esters (lactones) is 1. The number of carbonyl (C=O) groups excluding carboxylic acids is 1. The molecule has 1 aliphatic heterocycles. The van der Waals surface area contributed by atoms with Crippen LogP contribution in [0.2, 0.25) is 0 Å². The molecule has 4 aromatic rings. The molecule has 1 heterocycles. The number of ether oxygens (including phenoxy) is 1. The van der Waals surface area contributed by atoms with Crippen LogP contribution >= 0.6 is 24.2 Å². The molecule has 30 heavy (non-hydrogen) atoms. The van der Waals surface area contributed by atoms with Gasteiger partial charge in [-0.1, -0.05) is 0 Å². The molecule has 0 saturated heterocycles. The van der Waals surface area contributed by atoms with Crippen molar-refractivity contribution in [1.82, 2.24) is 0 Å². The van der Waals surface area contributed by atoms with E-state index in [0.29, 0.717) is 5.56 Å². The van der Waals surface area contributed by atoms with E-state index in [4.69, 9.17) is 4.74 Å². The number of hydrogen-bond acceptors (Lipinski definition) is 2. The Morgan fingerprint density at radius 1 is 0.567 bits per heavy atom. The van der Waals surface area contributed by atoms with Gasteiger partial charge in [-0.05, 0) is 0 Å². The molecule has 1 aliphatic rings. The van der Waals surface area contributed by atoms with Crippen LogP contribution in [0.15, 0.2) is 115 Å². The molecule has 0 fully saturated rings. The number of fused-ring (bicyclic) bond motifs is 1. The van der Waals surface area contributed by atoms with Gasteiger partial charge in [0.2, 0.25) is 0 Å². The van der Waals surface area contributed by atoms with Gasteiger partial charge in [-0.2, -0.15) is 0 Å². The second kappa shape index (κ2) is 8.55. The zero-order chi connectivity index (χ0) is 19.7. The normalized spacial score (nSPS) is 15.6. The van der Waals surface area contributed by atoms with E-state index in [-0.39, 0.29) is 28.8 Å². The predicted molar refractivity (Wildman–Crippen MR) is 131 cm³/mol. The second-order valence-corrected chi connectivity index (χ2v) is 11.2. The van der Waals surface area contributed by atoms with Crippen molar-refractivity contribution in [3.8, 4) is 0 Å². The number of rotatable bonds is 4. The van der Waals surface area contributed by atoms with Crippen LogP contribution in [0.1, 0.15) is 21.8 Å². The number of benzene rings is 4. The Bertz CT molecular complexity index is 1050. The van der Waals surface area contributed by atoms with Gasteiger partial charge in [0, 0.05) is 0 Å². The van der Waals surface area contributed by atoms with Crippen LogP contribution in [0.25, 0.3) is 0 Å². The van der Waals surface area contributed by atoms with E-state index in [1.807, 2.05) is 42.5 Å². The third-order valence-electron chi connectivity index (χ3n) is 5.77. The van der Waals surface area contributed by atoms with Gasteiger partial charge >= 0.3 is 171 Å². The molecule has 5 rings (SSSR count). The van der Waals surface area contributed by atoms with Crippen LogP contribution in [-0.4, -0.2) is 5.97 Å². The standard InChI is InChI=1S/C26H21O2P.BrH/c27-25-23-18-10-11-19-24(23)26(28-25)29(20-12-4-1-5-13-20,21-14-6-2-7-15-21)22-16-8-3-9-17-22;/h1-19,26,29H;1H. The SMILES string of the molecule is Br.O=C1OC([PH](c2ccccc2)(c2ccccc2)c2ccccc2)c2ccccc21. The minimum atomic E-state index is -2.73. The predicted octanol–water partition coefficient (Wildman–Crippen LogP) is 5.16. The van der Waals surface area contributed by atoms with Crippen LogP contribution in [0.5, 0.6) is 0 Å². The molecule has 0 bridgehead atoms. The second-order valence-electron chi connectivity index (χ2n) is 7.28. The van der Waals surface area contributed by atoms with E-state index in [1.54, 1.807) is 0 Å². The zero-order valence-corrected chi connectivity index (χ0v) is 19.0. The first-order chi connectivity index (χ1) is 14.3. The van der Waals surface area contributed by atoms with Crippen LogP contribution in [0, 0.1) is 0 Å². The van der Waals surface area contributed by atoms with E-state index in [0.717, 1.165) is 5.56 Å². The van der Waals surface area contributed by atoms with Gasteiger partial charge in [0.05, 0.1) is 0 Å². The van der Waals surface area contributed by atoms with Crippen molar-refractivity contribution in [2.24, 2.45) is 0 Å². The van der Waals surface area contributed by atoms with Crippen molar-refractivity contribution in [2.45, 2.75) is 5.85 Å². The average molecular weight is 477 g/mol. The van der Waals surface area contributed by atoms with Crippen molar-refractivity contribution in [2.75, 3.05) is 0 Å². The van der Waals surface area contributed by atoms with Crippen molar-refractivity contribution in [1.29, 1.82) is 0 Å². The number of carbonyl (C=O) groups is 1. The van der Waals surface area contributed by atoms with Crippen LogP contribution in [0.4, 0.5) is 0 Å². The van der Waals surface area contributed by atoms with Crippen LogP contribution in [-0.2, 0) is 4.74 Å². The van der Waals surface area contributed by atoms with Gasteiger partial charge in [0.15, 0.2) is 0 Å². The Hall–Kier alpha value is -2.74. The number of halogens is 1. The Kier molecular flexibility index (Phi) is 5.85. The summed E-state index contributed by atoms with van der Waals surface area (Å²) in [5.74, 6) is -0.552. The van der Waals surface area contributed by atoms with Gasteiger partial charge in [-0.3, -0.25) is 0 Å². The molecular weight excluding hydrogens is 455 g/mol. The molecule has 0 aliphatic carbocycles. The maximum atomic E-state index is 12.8. The number of hydrogen-bond donors (Lipinski definition) is 0. The fourth-order valence-electron chi connectivity index (χ4n) is 4.52. The maximum absolute atomic E-state index is 12.8. The molecule has 0 spiro atoms. The van der Waals surface area contributed by atoms with Gasteiger partial charge < -0.3 is 0 Å². The molecule has 4 aromatic carbocycles. The van der Waals surface area contributed by atoms with Crippen molar-refractivity contribution in [3.63, 3.8) is 0 Å². The molecule has 4 heteroatoms. The number of esters is 1. The summed E-state index contributed by atoms with van der Waals surface area (Å²) < 4.78 is 6.18. The average Bonchev–Trinajstić information content (AvgIpc) is 3.14. The molecule has 1 unspecified atom stereocenters. The molecular formula is C26H22BrO2P. The molecule has 0 saturated carbocycles. The first kappa shape index (κ1) is 20.5. The summed E-state index contributed by atoms with van der Waals surface area (Å²) in [5.41, 5.74) is 1.66. The van der Waals surface area contributed by atoms with E-state index in [9.17, 15) is 4.79 Å². The van der Waals surface area contributed by atoms with E-state index < -0.39 is 7.26 Å². The quantitative estimate of drug-likeness (QED) is 0.300. The third-order valence-corrected chi connectivity index (χ3v) is 10.7. The fraction of sp³-hybridized carbons (Fsp3) is 0.0385. The fourth-order valence-corrected chi connectivity index (χ4v) is 9.59. The van der Waals surface area contributed by atoms with Crippen LogP contribution < -0.4 is 15.9 Å². The summed E-state index contributed by atoms with van der Waals surface area (Å²) in [6, 6.07) is 39.5. The van der Waals surface area contributed by atoms with Crippen molar-refractivity contribution in [3.05, 3.63) is 126 Å².